The molecule has 0 aromatic carbocycles. The highest BCUT2D eigenvalue weighted by atomic mass is 16.5. The van der Waals surface area contributed by atoms with Gasteiger partial charge in [-0.15, -0.1) is 0 Å². The molecular weight excluding hydrogens is 176 g/mol. The Labute approximate surface area is 85.7 Å². The van der Waals surface area contributed by atoms with E-state index in [1.807, 2.05) is 0 Å². The number of nitrogens with two attached hydrogens (primary N) is 1. The van der Waals surface area contributed by atoms with Crippen molar-refractivity contribution >= 4 is 5.82 Å². The quantitative estimate of drug-likeness (QED) is 0.791. The second-order valence-electron chi connectivity index (χ2n) is 5.22. The standard InChI is InChI=1S/C11H20N2O/c1-7(2)6-8-9(11(3,4)5)14-13-10(8)12/h7H,6H2,1-5H3,(H2,12,13). The minimum atomic E-state index is -0.0190. The van der Waals surface area contributed by atoms with Gasteiger partial charge in [-0.1, -0.05) is 39.8 Å². The van der Waals surface area contributed by atoms with Gasteiger partial charge < -0.3 is 10.3 Å². The zero-order chi connectivity index (χ0) is 10.9. The van der Waals surface area contributed by atoms with Gasteiger partial charge in [0.25, 0.3) is 0 Å². The van der Waals surface area contributed by atoms with Gasteiger partial charge >= 0.3 is 0 Å². The van der Waals surface area contributed by atoms with Gasteiger partial charge in [0.05, 0.1) is 0 Å². The van der Waals surface area contributed by atoms with E-state index in [-0.39, 0.29) is 5.41 Å². The normalized spacial score (nSPS) is 12.4. The van der Waals surface area contributed by atoms with Crippen molar-refractivity contribution < 1.29 is 4.52 Å². The lowest BCUT2D eigenvalue weighted by atomic mass is 9.88. The van der Waals surface area contributed by atoms with Crippen molar-refractivity contribution in [3.63, 3.8) is 0 Å². The molecule has 80 valence electrons. The summed E-state index contributed by atoms with van der Waals surface area (Å²) in [6.07, 6.45) is 0.932. The Hall–Kier alpha value is -0.990. The molecule has 0 unspecified atom stereocenters. The summed E-state index contributed by atoms with van der Waals surface area (Å²) >= 11 is 0. The first-order valence-electron chi connectivity index (χ1n) is 5.07. The predicted octanol–water partition coefficient (Wildman–Crippen LogP) is 2.75. The molecule has 0 aliphatic rings. The number of hydrogen-bond acceptors (Lipinski definition) is 3. The smallest absolute Gasteiger partial charge is 0.170 e. The van der Waals surface area contributed by atoms with Crippen LogP contribution in [0, 0.1) is 5.92 Å². The summed E-state index contributed by atoms with van der Waals surface area (Å²) in [4.78, 5) is 0. The summed E-state index contributed by atoms with van der Waals surface area (Å²) in [6.45, 7) is 10.7. The fraction of sp³-hybridized carbons (Fsp3) is 0.727. The first-order chi connectivity index (χ1) is 6.32. The molecule has 14 heavy (non-hydrogen) atoms. The predicted molar refractivity (Wildman–Crippen MR) is 58.2 cm³/mol. The van der Waals surface area contributed by atoms with E-state index >= 15 is 0 Å². The molecule has 0 amide bonds. The Morgan fingerprint density at radius 2 is 1.93 bits per heavy atom. The van der Waals surface area contributed by atoms with Crippen molar-refractivity contribution in [2.24, 2.45) is 5.92 Å². The summed E-state index contributed by atoms with van der Waals surface area (Å²) in [7, 11) is 0. The molecule has 0 fully saturated rings. The van der Waals surface area contributed by atoms with Crippen LogP contribution in [0.2, 0.25) is 0 Å². The summed E-state index contributed by atoms with van der Waals surface area (Å²) in [6, 6.07) is 0. The summed E-state index contributed by atoms with van der Waals surface area (Å²) in [5.41, 5.74) is 6.84. The number of anilines is 1. The van der Waals surface area contributed by atoms with E-state index in [0.29, 0.717) is 11.7 Å². The number of nitrogen functional groups attached to an aromatic ring is 1. The molecule has 1 heterocycles. The van der Waals surface area contributed by atoms with Crippen LogP contribution < -0.4 is 5.73 Å². The van der Waals surface area contributed by atoms with Crippen molar-refractivity contribution in [2.45, 2.75) is 46.5 Å². The fourth-order valence-electron chi connectivity index (χ4n) is 1.52. The van der Waals surface area contributed by atoms with Crippen LogP contribution in [0.15, 0.2) is 4.52 Å². The molecule has 1 rings (SSSR count). The van der Waals surface area contributed by atoms with Crippen LogP contribution in [-0.4, -0.2) is 5.16 Å². The largest absolute Gasteiger partial charge is 0.381 e. The van der Waals surface area contributed by atoms with Crippen LogP contribution in [0.4, 0.5) is 5.82 Å². The van der Waals surface area contributed by atoms with Gasteiger partial charge in [-0.2, -0.15) is 0 Å². The lowest BCUT2D eigenvalue weighted by Crippen LogP contribution is -2.14. The molecule has 0 saturated heterocycles. The van der Waals surface area contributed by atoms with E-state index < -0.39 is 0 Å². The van der Waals surface area contributed by atoms with Crippen molar-refractivity contribution in [2.75, 3.05) is 5.73 Å². The molecule has 0 aliphatic carbocycles. The Morgan fingerprint density at radius 3 is 2.36 bits per heavy atom. The summed E-state index contributed by atoms with van der Waals surface area (Å²) < 4.78 is 5.29. The maximum absolute atomic E-state index is 5.78. The number of aromatic nitrogens is 1. The summed E-state index contributed by atoms with van der Waals surface area (Å²) in [5.74, 6) is 2.03. The van der Waals surface area contributed by atoms with Crippen molar-refractivity contribution in [3.8, 4) is 0 Å². The van der Waals surface area contributed by atoms with Gasteiger partial charge in [-0.3, -0.25) is 0 Å². The minimum absolute atomic E-state index is 0.0190. The lowest BCUT2D eigenvalue weighted by Gasteiger charge is -2.16. The van der Waals surface area contributed by atoms with Gasteiger partial charge in [-0.05, 0) is 12.3 Å². The molecule has 0 spiro atoms. The SMILES string of the molecule is CC(C)Cc1c(N)noc1C(C)(C)C. The molecule has 2 N–H and O–H groups in total. The lowest BCUT2D eigenvalue weighted by molar-refractivity contribution is 0.327. The minimum Gasteiger partial charge on any atom is -0.381 e. The molecule has 0 atom stereocenters. The second kappa shape index (κ2) is 3.64. The first-order valence-corrected chi connectivity index (χ1v) is 5.07. The van der Waals surface area contributed by atoms with E-state index in [1.54, 1.807) is 0 Å². The topological polar surface area (TPSA) is 52.0 Å². The third-order valence-electron chi connectivity index (χ3n) is 2.11. The zero-order valence-corrected chi connectivity index (χ0v) is 9.72. The van der Waals surface area contributed by atoms with Crippen molar-refractivity contribution in [3.05, 3.63) is 11.3 Å². The third-order valence-corrected chi connectivity index (χ3v) is 2.11. The van der Waals surface area contributed by atoms with Crippen molar-refractivity contribution in [1.29, 1.82) is 0 Å². The van der Waals surface area contributed by atoms with E-state index in [2.05, 4.69) is 39.8 Å². The van der Waals surface area contributed by atoms with E-state index in [4.69, 9.17) is 10.3 Å². The van der Waals surface area contributed by atoms with Crippen LogP contribution in [0.1, 0.15) is 45.9 Å². The van der Waals surface area contributed by atoms with Crippen LogP contribution >= 0.6 is 0 Å². The maximum atomic E-state index is 5.78. The molecule has 0 saturated carbocycles. The first kappa shape index (κ1) is 11.1. The van der Waals surface area contributed by atoms with Crippen LogP contribution in [0.25, 0.3) is 0 Å². The zero-order valence-electron chi connectivity index (χ0n) is 9.72. The van der Waals surface area contributed by atoms with Gasteiger partial charge in [0.15, 0.2) is 5.82 Å². The van der Waals surface area contributed by atoms with E-state index in [9.17, 15) is 0 Å². The average molecular weight is 196 g/mol. The molecular formula is C11H20N2O. The van der Waals surface area contributed by atoms with Gasteiger partial charge in [0.2, 0.25) is 0 Å². The third kappa shape index (κ3) is 2.28. The van der Waals surface area contributed by atoms with Crippen molar-refractivity contribution in [1.82, 2.24) is 5.16 Å². The monoisotopic (exact) mass is 196 g/mol. The van der Waals surface area contributed by atoms with Gasteiger partial charge in [0.1, 0.15) is 5.76 Å². The highest BCUT2D eigenvalue weighted by molar-refractivity contribution is 5.42. The van der Waals surface area contributed by atoms with E-state index in [0.717, 1.165) is 17.7 Å². The highest BCUT2D eigenvalue weighted by Gasteiger charge is 2.25. The van der Waals surface area contributed by atoms with Gasteiger partial charge in [0, 0.05) is 11.0 Å². The average Bonchev–Trinajstić information content (AvgIpc) is 2.30. The molecule has 1 aromatic rings. The molecule has 3 nitrogen and oxygen atoms in total. The van der Waals surface area contributed by atoms with Gasteiger partial charge in [-0.25, -0.2) is 0 Å². The Kier molecular flexibility index (Phi) is 2.88. The highest BCUT2D eigenvalue weighted by Crippen LogP contribution is 2.30. The fourth-order valence-corrected chi connectivity index (χ4v) is 1.52. The molecule has 0 radical (unpaired) electrons. The van der Waals surface area contributed by atoms with Crippen LogP contribution in [-0.2, 0) is 11.8 Å². The maximum Gasteiger partial charge on any atom is 0.170 e. The van der Waals surface area contributed by atoms with Crippen LogP contribution in [0.5, 0.6) is 0 Å². The number of rotatable bonds is 2. The second-order valence-corrected chi connectivity index (χ2v) is 5.22. The Bertz CT molecular complexity index is 308. The van der Waals surface area contributed by atoms with Crippen LogP contribution in [0.3, 0.4) is 0 Å². The molecule has 1 aromatic heterocycles. The Balaban J connectivity index is 3.06. The molecule has 0 bridgehead atoms. The summed E-state index contributed by atoms with van der Waals surface area (Å²) in [5, 5.41) is 3.84. The van der Waals surface area contributed by atoms with E-state index in [1.165, 1.54) is 0 Å². The molecule has 0 aliphatic heterocycles. The number of hydrogen-bond donors (Lipinski definition) is 1. The number of nitrogens with zero attached hydrogens (tertiary/aromatic N) is 1. The molecule has 3 heteroatoms. The Morgan fingerprint density at radius 1 is 1.36 bits per heavy atom.